The van der Waals surface area contributed by atoms with E-state index in [4.69, 9.17) is 62.7 Å². The molecule has 0 aromatic heterocycles. The number of carbonyl (C=O) groups excluding carboxylic acids is 3. The zero-order valence-corrected chi connectivity index (χ0v) is 34.4. The molecule has 54 heavy (non-hydrogen) atoms. The Labute approximate surface area is 336 Å². The highest BCUT2D eigenvalue weighted by Crippen LogP contribution is 2.46. The third-order valence-corrected chi connectivity index (χ3v) is 9.89. The number of amides is 2. The molecule has 2 N–H and O–H groups in total. The van der Waals surface area contributed by atoms with Crippen LogP contribution in [0.1, 0.15) is 40.8 Å². The van der Waals surface area contributed by atoms with Crippen LogP contribution in [-0.2, 0) is 42.2 Å². The van der Waals surface area contributed by atoms with Crippen molar-refractivity contribution < 1.29 is 55.8 Å². The minimum Gasteiger partial charge on any atom is -0.504 e. The van der Waals surface area contributed by atoms with Gasteiger partial charge < -0.3 is 38.3 Å². The van der Waals surface area contributed by atoms with E-state index in [-0.39, 0.29) is 60.7 Å². The number of phenols is 1. The second-order valence-electron chi connectivity index (χ2n) is 12.2. The maximum Gasteiger partial charge on any atom is 0.411 e. The number of Topliss-reactive ketones (excluding diaryl/α,β-unsaturated/α-hetero) is 1. The first-order valence-electron chi connectivity index (χ1n) is 16.1. The zero-order valence-electron chi connectivity index (χ0n) is 29.7. The van der Waals surface area contributed by atoms with Gasteiger partial charge in [-0.05, 0) is 44.0 Å². The second-order valence-corrected chi connectivity index (χ2v) is 17.1. The van der Waals surface area contributed by atoms with Gasteiger partial charge in [-0.25, -0.2) is 4.79 Å². The lowest BCUT2D eigenvalue weighted by atomic mass is 9.98. The fourth-order valence-corrected chi connectivity index (χ4v) is 6.73. The Morgan fingerprint density at radius 1 is 1.07 bits per heavy atom. The van der Waals surface area contributed by atoms with E-state index in [1.54, 1.807) is 13.8 Å². The maximum absolute atomic E-state index is 14.7. The maximum atomic E-state index is 14.7. The number of ether oxygens (including phenoxy) is 5. The SMILES string of the molecule is COc1c(O)cc(C[C@@H](C(=O)N[C@@H](COCc2ccccc2)c2cc(OS(C)(=O)=O)c(C)c3c2OCO3)N(CC(C)=O)C(=O)OCC(Cl)(Cl)Cl)c(Br)c1C. The van der Waals surface area contributed by atoms with Crippen LogP contribution < -0.4 is 23.7 Å². The third kappa shape index (κ3) is 11.4. The number of phenolic OH excluding ortho intramolecular Hbond substituents is 1. The second kappa shape index (κ2) is 18.3. The Morgan fingerprint density at radius 2 is 1.74 bits per heavy atom. The summed E-state index contributed by atoms with van der Waals surface area (Å²) in [6.07, 6.45) is -0.561. The summed E-state index contributed by atoms with van der Waals surface area (Å²) < 4.78 is 56.3. The van der Waals surface area contributed by atoms with Crippen molar-refractivity contribution in [1.82, 2.24) is 10.2 Å². The predicted molar refractivity (Wildman–Crippen MR) is 203 cm³/mol. The molecule has 1 heterocycles. The van der Waals surface area contributed by atoms with E-state index >= 15 is 0 Å². The summed E-state index contributed by atoms with van der Waals surface area (Å²) in [6.45, 7) is 2.84. The lowest BCUT2D eigenvalue weighted by Crippen LogP contribution is -2.53. The topological polar surface area (TPSA) is 176 Å². The number of fused-ring (bicyclic) bond motifs is 1. The Hall–Kier alpha value is -3.67. The van der Waals surface area contributed by atoms with Gasteiger partial charge in [-0.2, -0.15) is 8.42 Å². The molecular weight excluding hydrogens is 859 g/mol. The minimum absolute atomic E-state index is 0.0859. The van der Waals surface area contributed by atoms with Crippen molar-refractivity contribution in [3.05, 3.63) is 74.8 Å². The summed E-state index contributed by atoms with van der Waals surface area (Å²) in [5.74, 6) is -1.12. The number of benzene rings is 3. The largest absolute Gasteiger partial charge is 0.504 e. The number of carbonyl (C=O) groups is 3. The van der Waals surface area contributed by atoms with E-state index in [0.717, 1.165) is 16.7 Å². The number of hydrogen-bond donors (Lipinski definition) is 2. The molecule has 3 aromatic carbocycles. The van der Waals surface area contributed by atoms with Crippen LogP contribution in [0.5, 0.6) is 28.7 Å². The fourth-order valence-electron chi connectivity index (χ4n) is 5.61. The highest BCUT2D eigenvalue weighted by atomic mass is 79.9. The molecule has 0 aliphatic carbocycles. The molecule has 0 radical (unpaired) electrons. The first-order valence-corrected chi connectivity index (χ1v) is 19.8. The van der Waals surface area contributed by atoms with Gasteiger partial charge >= 0.3 is 16.2 Å². The van der Waals surface area contributed by atoms with Crippen molar-refractivity contribution >= 4 is 78.6 Å². The van der Waals surface area contributed by atoms with Crippen molar-refractivity contribution in [1.29, 1.82) is 0 Å². The normalized spacial score (nSPS) is 13.5. The summed E-state index contributed by atoms with van der Waals surface area (Å²) in [5.41, 5.74) is 2.21. The average molecular weight is 897 g/mol. The molecule has 0 unspecified atom stereocenters. The van der Waals surface area contributed by atoms with Crippen molar-refractivity contribution in [2.45, 2.75) is 49.7 Å². The standard InChI is InChI=1S/C35H38BrCl3N2O12S/c1-19(42)14-41(34(45)50-17-35(37,38)39)26(11-23-12-27(43)30(48-4)21(3)29(23)36)33(44)40-25(16-49-15-22-9-7-6-8-10-22)24-13-28(53-54(5,46)47)20(2)31-32(24)52-18-51-31/h6-10,12-13,25-26,43H,11,14-18H2,1-5H3,(H,40,44)/t25-,26-/m0/s1. The number of alkyl halides is 3. The summed E-state index contributed by atoms with van der Waals surface area (Å²) in [7, 11) is -2.64. The van der Waals surface area contributed by atoms with Gasteiger partial charge in [0.15, 0.2) is 23.0 Å². The van der Waals surface area contributed by atoms with Gasteiger partial charge in [0.25, 0.3) is 0 Å². The van der Waals surface area contributed by atoms with Crippen LogP contribution in [-0.4, -0.2) is 86.0 Å². The third-order valence-electron chi connectivity index (χ3n) is 7.98. The number of aromatic hydroxyl groups is 1. The Bertz CT molecular complexity index is 1980. The molecular formula is C35H38BrCl3N2O12S. The molecule has 1 aliphatic heterocycles. The van der Waals surface area contributed by atoms with Crippen molar-refractivity contribution in [2.75, 3.05) is 39.9 Å². The van der Waals surface area contributed by atoms with Gasteiger partial charge in [0, 0.05) is 27.6 Å². The molecule has 1 aliphatic rings. The quantitative estimate of drug-likeness (QED) is 0.123. The molecule has 0 fully saturated rings. The van der Waals surface area contributed by atoms with Crippen LogP contribution in [0.25, 0.3) is 0 Å². The average Bonchev–Trinajstić information content (AvgIpc) is 3.58. The van der Waals surface area contributed by atoms with Gasteiger partial charge in [0.05, 0.1) is 39.2 Å². The van der Waals surface area contributed by atoms with Gasteiger partial charge in [-0.1, -0.05) is 81.1 Å². The summed E-state index contributed by atoms with van der Waals surface area (Å²) in [4.78, 5) is 41.7. The molecule has 0 bridgehead atoms. The first-order chi connectivity index (χ1) is 25.3. The lowest BCUT2D eigenvalue weighted by molar-refractivity contribution is -0.128. The van der Waals surface area contributed by atoms with E-state index in [2.05, 4.69) is 21.2 Å². The van der Waals surface area contributed by atoms with Crippen LogP contribution in [0, 0.1) is 13.8 Å². The van der Waals surface area contributed by atoms with E-state index in [1.807, 2.05) is 30.3 Å². The van der Waals surface area contributed by atoms with Gasteiger partial charge in [-0.3, -0.25) is 14.5 Å². The van der Waals surface area contributed by atoms with Crippen molar-refractivity contribution in [3.63, 3.8) is 0 Å². The van der Waals surface area contributed by atoms with E-state index < -0.39 is 56.9 Å². The Kier molecular flexibility index (Phi) is 14.6. The number of methoxy groups -OCH3 is 1. The highest BCUT2D eigenvalue weighted by Gasteiger charge is 2.37. The Morgan fingerprint density at radius 3 is 2.35 bits per heavy atom. The van der Waals surface area contributed by atoms with Crippen LogP contribution in [0.2, 0.25) is 0 Å². The molecule has 4 rings (SSSR count). The van der Waals surface area contributed by atoms with Gasteiger partial charge in [0.2, 0.25) is 16.5 Å². The molecule has 19 heteroatoms. The molecule has 14 nitrogen and oxygen atoms in total. The zero-order chi connectivity index (χ0) is 40.0. The van der Waals surface area contributed by atoms with Gasteiger partial charge in [-0.15, -0.1) is 0 Å². The summed E-state index contributed by atoms with van der Waals surface area (Å²) in [5, 5.41) is 13.7. The molecule has 0 spiro atoms. The molecule has 2 amide bonds. The number of ketones is 1. The molecule has 2 atom stereocenters. The van der Waals surface area contributed by atoms with Crippen LogP contribution in [0.15, 0.2) is 46.9 Å². The van der Waals surface area contributed by atoms with E-state index in [9.17, 15) is 27.9 Å². The van der Waals surface area contributed by atoms with Crippen molar-refractivity contribution in [2.24, 2.45) is 0 Å². The van der Waals surface area contributed by atoms with E-state index in [1.165, 1.54) is 26.2 Å². The molecule has 294 valence electrons. The number of nitrogens with zero attached hydrogens (tertiary/aromatic N) is 1. The van der Waals surface area contributed by atoms with Crippen LogP contribution in [0.4, 0.5) is 4.79 Å². The van der Waals surface area contributed by atoms with Gasteiger partial charge in [0.1, 0.15) is 24.2 Å². The van der Waals surface area contributed by atoms with E-state index in [0.29, 0.717) is 21.2 Å². The number of halogens is 4. The smallest absolute Gasteiger partial charge is 0.411 e. The van der Waals surface area contributed by atoms with Crippen LogP contribution in [0.3, 0.4) is 0 Å². The summed E-state index contributed by atoms with van der Waals surface area (Å²) >= 11 is 21.0. The number of hydrogen-bond acceptors (Lipinski definition) is 12. The highest BCUT2D eigenvalue weighted by molar-refractivity contribution is 9.10. The lowest BCUT2D eigenvalue weighted by Gasteiger charge is -2.32. The van der Waals surface area contributed by atoms with Crippen LogP contribution >= 0.6 is 50.7 Å². The molecule has 3 aromatic rings. The number of rotatable bonds is 16. The predicted octanol–water partition coefficient (Wildman–Crippen LogP) is 6.23. The molecule has 0 saturated heterocycles. The fraction of sp³-hybridized carbons (Fsp3) is 0.400. The van der Waals surface area contributed by atoms with Crippen molar-refractivity contribution in [3.8, 4) is 28.7 Å². The Balaban J connectivity index is 1.84. The minimum atomic E-state index is -4.02. The monoisotopic (exact) mass is 894 g/mol. The molecule has 0 saturated carbocycles. The first kappa shape index (κ1) is 43.1. The number of nitrogens with one attached hydrogen (secondary N) is 1. The summed E-state index contributed by atoms with van der Waals surface area (Å²) in [6, 6.07) is 9.31.